The number of ether oxygens (including phenoxy) is 1. The van der Waals surface area contributed by atoms with Crippen LogP contribution in [0.4, 0.5) is 0 Å². The Morgan fingerprint density at radius 2 is 2.06 bits per heavy atom. The molecule has 0 amide bonds. The maximum absolute atomic E-state index is 10.9. The number of hydrogen-bond acceptors (Lipinski definition) is 2. The van der Waals surface area contributed by atoms with Gasteiger partial charge < -0.3 is 4.74 Å². The molecule has 0 saturated heterocycles. The molecule has 0 N–H and O–H groups in total. The molecule has 0 spiro atoms. The maximum atomic E-state index is 10.9. The summed E-state index contributed by atoms with van der Waals surface area (Å²) >= 11 is 17.8. The minimum Gasteiger partial charge on any atom is -0.480 e. The van der Waals surface area contributed by atoms with Gasteiger partial charge >= 0.3 is 0 Å². The normalized spacial score (nSPS) is 18.9. The van der Waals surface area contributed by atoms with Gasteiger partial charge in [0.1, 0.15) is 5.75 Å². The second kappa shape index (κ2) is 4.44. The van der Waals surface area contributed by atoms with E-state index in [1.54, 1.807) is 18.2 Å². The predicted molar refractivity (Wildman–Crippen MR) is 64.8 cm³/mol. The number of carbonyl (C=O) groups is 1. The molecule has 1 atom stereocenters. The highest BCUT2D eigenvalue weighted by molar-refractivity contribution is 6.35. The van der Waals surface area contributed by atoms with Crippen LogP contribution in [0.1, 0.15) is 12.8 Å². The van der Waals surface area contributed by atoms with Crippen molar-refractivity contribution in [3.63, 3.8) is 0 Å². The van der Waals surface area contributed by atoms with E-state index in [4.69, 9.17) is 39.5 Å². The standard InChI is InChI=1S/C11H9Cl3O2/c12-7-1-2-9(8(13)5-7)16-10(6-15)11(14)3-4-11/h1-2,5-6,10H,3-4H2. The minimum absolute atomic E-state index is 0.375. The van der Waals surface area contributed by atoms with E-state index in [1.807, 2.05) is 0 Å². The van der Waals surface area contributed by atoms with Gasteiger partial charge in [-0.15, -0.1) is 11.6 Å². The monoisotopic (exact) mass is 278 g/mol. The average molecular weight is 280 g/mol. The molecule has 1 aliphatic carbocycles. The minimum atomic E-state index is -0.659. The van der Waals surface area contributed by atoms with E-state index in [9.17, 15) is 4.79 Å². The van der Waals surface area contributed by atoms with Crippen LogP contribution in [0.25, 0.3) is 0 Å². The zero-order valence-corrected chi connectivity index (χ0v) is 10.5. The number of carbonyl (C=O) groups excluding carboxylic acids is 1. The summed E-state index contributed by atoms with van der Waals surface area (Å²) in [6.45, 7) is 0. The second-order valence-electron chi connectivity index (χ2n) is 3.78. The van der Waals surface area contributed by atoms with Gasteiger partial charge in [-0.05, 0) is 31.0 Å². The quantitative estimate of drug-likeness (QED) is 0.620. The van der Waals surface area contributed by atoms with Crippen LogP contribution in [0.15, 0.2) is 18.2 Å². The topological polar surface area (TPSA) is 26.3 Å². The molecule has 16 heavy (non-hydrogen) atoms. The molecule has 5 heteroatoms. The first-order valence-electron chi connectivity index (χ1n) is 4.81. The molecule has 0 heterocycles. The summed E-state index contributed by atoms with van der Waals surface area (Å²) in [4.78, 5) is 10.3. The third kappa shape index (κ3) is 2.45. The van der Waals surface area contributed by atoms with Gasteiger partial charge in [0.25, 0.3) is 0 Å². The highest BCUT2D eigenvalue weighted by atomic mass is 35.5. The van der Waals surface area contributed by atoms with Crippen molar-refractivity contribution in [1.82, 2.24) is 0 Å². The number of hydrogen-bond donors (Lipinski definition) is 0. The number of halogens is 3. The largest absolute Gasteiger partial charge is 0.480 e. The van der Waals surface area contributed by atoms with Crippen LogP contribution in [0.2, 0.25) is 10.0 Å². The smallest absolute Gasteiger partial charge is 0.173 e. The summed E-state index contributed by atoms with van der Waals surface area (Å²) < 4.78 is 5.49. The third-order valence-corrected chi connectivity index (χ3v) is 3.63. The van der Waals surface area contributed by atoms with Crippen molar-refractivity contribution in [2.24, 2.45) is 0 Å². The molecule has 86 valence electrons. The van der Waals surface area contributed by atoms with E-state index in [2.05, 4.69) is 0 Å². The van der Waals surface area contributed by atoms with Crippen molar-refractivity contribution in [3.05, 3.63) is 28.2 Å². The van der Waals surface area contributed by atoms with Gasteiger partial charge in [-0.1, -0.05) is 23.2 Å². The van der Waals surface area contributed by atoms with Gasteiger partial charge in [-0.3, -0.25) is 4.79 Å². The summed E-state index contributed by atoms with van der Waals surface area (Å²) in [6.07, 6.45) is 1.62. The Bertz CT molecular complexity index is 416. The lowest BCUT2D eigenvalue weighted by atomic mass is 10.2. The van der Waals surface area contributed by atoms with Crippen LogP contribution in [-0.4, -0.2) is 17.3 Å². The highest BCUT2D eigenvalue weighted by Gasteiger charge is 2.49. The van der Waals surface area contributed by atoms with Crippen LogP contribution >= 0.6 is 34.8 Å². The summed E-state index contributed by atoms with van der Waals surface area (Å²) in [5.74, 6) is 0.426. The van der Waals surface area contributed by atoms with Crippen LogP contribution in [0.3, 0.4) is 0 Å². The average Bonchev–Trinajstić information content (AvgIpc) is 2.96. The fraction of sp³-hybridized carbons (Fsp3) is 0.364. The number of rotatable bonds is 4. The number of aldehydes is 1. The van der Waals surface area contributed by atoms with Crippen LogP contribution in [0.5, 0.6) is 5.75 Å². The fourth-order valence-corrected chi connectivity index (χ4v) is 2.01. The summed E-state index contributed by atoms with van der Waals surface area (Å²) in [7, 11) is 0. The lowest BCUT2D eigenvalue weighted by Crippen LogP contribution is -2.30. The van der Waals surface area contributed by atoms with Crippen molar-refractivity contribution in [1.29, 1.82) is 0 Å². The van der Waals surface area contributed by atoms with Gasteiger partial charge in [-0.2, -0.15) is 0 Å². The molecule has 1 aromatic rings. The van der Waals surface area contributed by atoms with Crippen molar-refractivity contribution in [3.8, 4) is 5.75 Å². The first-order chi connectivity index (χ1) is 7.55. The molecule has 1 fully saturated rings. The first-order valence-corrected chi connectivity index (χ1v) is 5.94. The summed E-state index contributed by atoms with van der Waals surface area (Å²) in [5, 5.41) is 0.896. The molecule has 0 aliphatic heterocycles. The Kier molecular flexibility index (Phi) is 3.34. The van der Waals surface area contributed by atoms with E-state index in [0.29, 0.717) is 22.1 Å². The maximum Gasteiger partial charge on any atom is 0.173 e. The van der Waals surface area contributed by atoms with Crippen LogP contribution in [0, 0.1) is 0 Å². The molecule has 2 rings (SSSR count). The summed E-state index contributed by atoms with van der Waals surface area (Å²) in [6, 6.07) is 4.84. The number of alkyl halides is 1. The Labute approximate surface area is 108 Å². The third-order valence-electron chi connectivity index (χ3n) is 2.51. The first kappa shape index (κ1) is 12.0. The van der Waals surface area contributed by atoms with Gasteiger partial charge in [0.2, 0.25) is 0 Å². The summed E-state index contributed by atoms with van der Waals surface area (Å²) in [5.41, 5.74) is 0. The molecule has 1 aromatic carbocycles. The lowest BCUT2D eigenvalue weighted by Gasteiger charge is -2.18. The van der Waals surface area contributed by atoms with Crippen LogP contribution in [-0.2, 0) is 4.79 Å². The van der Waals surface area contributed by atoms with E-state index < -0.39 is 11.0 Å². The van der Waals surface area contributed by atoms with Gasteiger partial charge in [0.05, 0.1) is 9.90 Å². The van der Waals surface area contributed by atoms with E-state index >= 15 is 0 Å². The molecule has 1 aliphatic rings. The highest BCUT2D eigenvalue weighted by Crippen LogP contribution is 2.46. The van der Waals surface area contributed by atoms with E-state index in [-0.39, 0.29) is 0 Å². The van der Waals surface area contributed by atoms with Crippen molar-refractivity contribution < 1.29 is 9.53 Å². The van der Waals surface area contributed by atoms with Crippen molar-refractivity contribution in [2.45, 2.75) is 23.8 Å². The molecule has 2 nitrogen and oxygen atoms in total. The molecule has 0 aromatic heterocycles. The Balaban J connectivity index is 2.16. The number of benzene rings is 1. The van der Waals surface area contributed by atoms with E-state index in [0.717, 1.165) is 12.8 Å². The van der Waals surface area contributed by atoms with E-state index in [1.165, 1.54) is 0 Å². The fourth-order valence-electron chi connectivity index (χ4n) is 1.37. The zero-order chi connectivity index (χ0) is 11.8. The second-order valence-corrected chi connectivity index (χ2v) is 5.38. The molecule has 0 bridgehead atoms. The van der Waals surface area contributed by atoms with Gasteiger partial charge in [0, 0.05) is 5.02 Å². The Hall–Kier alpha value is -0.440. The van der Waals surface area contributed by atoms with Crippen LogP contribution < -0.4 is 4.74 Å². The lowest BCUT2D eigenvalue weighted by molar-refractivity contribution is -0.114. The zero-order valence-electron chi connectivity index (χ0n) is 8.25. The molecular weight excluding hydrogens is 270 g/mol. The van der Waals surface area contributed by atoms with Gasteiger partial charge in [0.15, 0.2) is 12.4 Å². The molecular formula is C11H9Cl3O2. The SMILES string of the molecule is O=CC(Oc1ccc(Cl)cc1Cl)C1(Cl)CC1. The Morgan fingerprint density at radius 1 is 1.38 bits per heavy atom. The Morgan fingerprint density at radius 3 is 2.56 bits per heavy atom. The van der Waals surface area contributed by atoms with Gasteiger partial charge in [-0.25, -0.2) is 0 Å². The predicted octanol–water partition coefficient (Wildman–Crippen LogP) is 3.71. The molecule has 1 saturated carbocycles. The van der Waals surface area contributed by atoms with Crippen molar-refractivity contribution >= 4 is 41.1 Å². The molecule has 1 unspecified atom stereocenters. The molecule has 0 radical (unpaired) electrons. The van der Waals surface area contributed by atoms with Crippen molar-refractivity contribution in [2.75, 3.05) is 0 Å².